The number of nitrogens with zero attached hydrogens (tertiary/aromatic N) is 1. The second-order valence-corrected chi connectivity index (χ2v) is 3.87. The number of carbonyl (C=O) groups is 1. The van der Waals surface area contributed by atoms with Crippen molar-refractivity contribution in [3.05, 3.63) is 29.3 Å². The van der Waals surface area contributed by atoms with Crippen molar-refractivity contribution in [2.45, 2.75) is 12.5 Å². The molecule has 0 fully saturated rings. The molecule has 0 saturated carbocycles. The third-order valence-electron chi connectivity index (χ3n) is 2.70. The molecule has 0 aliphatic carbocycles. The van der Waals surface area contributed by atoms with Crippen LogP contribution in [0.1, 0.15) is 22.3 Å². The van der Waals surface area contributed by atoms with Crippen molar-refractivity contribution in [3.8, 4) is 5.75 Å². The van der Waals surface area contributed by atoms with Crippen LogP contribution in [0.2, 0.25) is 0 Å². The van der Waals surface area contributed by atoms with E-state index < -0.39 is 5.97 Å². The summed E-state index contributed by atoms with van der Waals surface area (Å²) in [6.07, 6.45) is 0.109. The Labute approximate surface area is 103 Å². The molecule has 2 rings (SSSR count). The first-order chi connectivity index (χ1) is 8.65. The minimum atomic E-state index is -1.06. The highest BCUT2D eigenvalue weighted by Crippen LogP contribution is 2.23. The molecule has 1 aromatic carbocycles. The largest absolute Gasteiger partial charge is 0.496 e. The molecule has 1 aliphatic heterocycles. The van der Waals surface area contributed by atoms with E-state index in [0.29, 0.717) is 23.4 Å². The fraction of sp³-hybridized carbons (Fsp3) is 0.333. The van der Waals surface area contributed by atoms with E-state index in [1.165, 1.54) is 13.2 Å². The zero-order chi connectivity index (χ0) is 13.1. The number of ether oxygens (including phenoxy) is 1. The van der Waals surface area contributed by atoms with E-state index >= 15 is 0 Å². The molecular weight excluding hydrogens is 238 g/mol. The Balaban J connectivity index is 2.31. The molecule has 0 saturated heterocycles. The predicted octanol–water partition coefficient (Wildman–Crippen LogP) is 0.879. The molecule has 2 N–H and O–H groups in total. The molecule has 0 amide bonds. The summed E-state index contributed by atoms with van der Waals surface area (Å²) in [5.41, 5.74) is 1.36. The molecule has 96 valence electrons. The highest BCUT2D eigenvalue weighted by atomic mass is 16.6. The Bertz CT molecular complexity index is 497. The number of rotatable bonds is 4. The van der Waals surface area contributed by atoms with Crippen LogP contribution in [0.25, 0.3) is 0 Å². The maximum absolute atomic E-state index is 11.1. The van der Waals surface area contributed by atoms with Gasteiger partial charge in [-0.15, -0.1) is 0 Å². The number of methoxy groups -OCH3 is 1. The topological polar surface area (TPSA) is 88.4 Å². The fourth-order valence-electron chi connectivity index (χ4n) is 1.75. The van der Waals surface area contributed by atoms with E-state index in [0.717, 1.165) is 0 Å². The summed E-state index contributed by atoms with van der Waals surface area (Å²) in [5, 5.41) is 21.9. The SMILES string of the molecule is COc1ccc(C2=NOC(CO)C2)cc1C(=O)O. The first kappa shape index (κ1) is 12.4. The quantitative estimate of drug-likeness (QED) is 0.829. The zero-order valence-electron chi connectivity index (χ0n) is 9.79. The Kier molecular flexibility index (Phi) is 3.47. The van der Waals surface area contributed by atoms with Gasteiger partial charge in [-0.1, -0.05) is 5.16 Å². The van der Waals surface area contributed by atoms with Gasteiger partial charge in [-0.2, -0.15) is 0 Å². The van der Waals surface area contributed by atoms with Crippen molar-refractivity contribution in [2.75, 3.05) is 13.7 Å². The summed E-state index contributed by atoms with van der Waals surface area (Å²) in [5.74, 6) is -0.767. The van der Waals surface area contributed by atoms with E-state index in [2.05, 4.69) is 5.16 Å². The lowest BCUT2D eigenvalue weighted by Gasteiger charge is -2.07. The van der Waals surface area contributed by atoms with Crippen LogP contribution in [0, 0.1) is 0 Å². The van der Waals surface area contributed by atoms with Crippen LogP contribution in [0.3, 0.4) is 0 Å². The number of aliphatic hydroxyl groups is 1. The Morgan fingerprint density at radius 2 is 2.39 bits per heavy atom. The monoisotopic (exact) mass is 251 g/mol. The molecule has 1 unspecified atom stereocenters. The molecule has 6 heteroatoms. The van der Waals surface area contributed by atoms with E-state index in [9.17, 15) is 4.79 Å². The van der Waals surface area contributed by atoms with Gasteiger partial charge in [-0.05, 0) is 18.2 Å². The molecular formula is C12H13NO5. The summed E-state index contributed by atoms with van der Waals surface area (Å²) in [6.45, 7) is -0.116. The van der Waals surface area contributed by atoms with Gasteiger partial charge in [-0.25, -0.2) is 4.79 Å². The molecule has 0 bridgehead atoms. The van der Waals surface area contributed by atoms with Crippen molar-refractivity contribution in [1.29, 1.82) is 0 Å². The van der Waals surface area contributed by atoms with Crippen molar-refractivity contribution in [3.63, 3.8) is 0 Å². The average molecular weight is 251 g/mol. The summed E-state index contributed by atoms with van der Waals surface area (Å²) < 4.78 is 4.97. The number of oxime groups is 1. The second-order valence-electron chi connectivity index (χ2n) is 3.87. The minimum absolute atomic E-state index is 0.0742. The van der Waals surface area contributed by atoms with Gasteiger partial charge in [0.2, 0.25) is 0 Å². The highest BCUT2D eigenvalue weighted by molar-refractivity contribution is 6.03. The van der Waals surface area contributed by atoms with E-state index in [4.69, 9.17) is 19.8 Å². The Morgan fingerprint density at radius 1 is 1.61 bits per heavy atom. The molecule has 18 heavy (non-hydrogen) atoms. The maximum atomic E-state index is 11.1. The van der Waals surface area contributed by atoms with Crippen LogP contribution in [-0.2, 0) is 4.84 Å². The third kappa shape index (κ3) is 2.28. The maximum Gasteiger partial charge on any atom is 0.339 e. The molecule has 1 atom stereocenters. The van der Waals surface area contributed by atoms with Gasteiger partial charge in [0.05, 0.1) is 19.4 Å². The van der Waals surface area contributed by atoms with Crippen LogP contribution in [0.5, 0.6) is 5.75 Å². The molecule has 0 aromatic heterocycles. The lowest BCUT2D eigenvalue weighted by atomic mass is 10.0. The molecule has 1 heterocycles. The van der Waals surface area contributed by atoms with Crippen LogP contribution >= 0.6 is 0 Å². The molecule has 0 spiro atoms. The van der Waals surface area contributed by atoms with Crippen molar-refractivity contribution in [2.24, 2.45) is 5.16 Å². The first-order valence-electron chi connectivity index (χ1n) is 5.41. The van der Waals surface area contributed by atoms with Crippen molar-refractivity contribution < 1.29 is 24.6 Å². The summed E-state index contributed by atoms with van der Waals surface area (Å²) in [7, 11) is 1.42. The number of hydrogen-bond donors (Lipinski definition) is 2. The number of carboxylic acids is 1. The Hall–Kier alpha value is -2.08. The van der Waals surface area contributed by atoms with Crippen LogP contribution < -0.4 is 4.74 Å². The van der Waals surface area contributed by atoms with Crippen molar-refractivity contribution in [1.82, 2.24) is 0 Å². The van der Waals surface area contributed by atoms with E-state index in [1.54, 1.807) is 12.1 Å². The summed E-state index contributed by atoms with van der Waals surface area (Å²) in [6, 6.07) is 4.78. The molecule has 6 nitrogen and oxygen atoms in total. The highest BCUT2D eigenvalue weighted by Gasteiger charge is 2.22. The summed E-state index contributed by atoms with van der Waals surface area (Å²) in [4.78, 5) is 16.1. The molecule has 1 aromatic rings. The normalized spacial score (nSPS) is 18.1. The minimum Gasteiger partial charge on any atom is -0.496 e. The second kappa shape index (κ2) is 5.05. The lowest BCUT2D eigenvalue weighted by molar-refractivity contribution is 0.0390. The van der Waals surface area contributed by atoms with E-state index in [-0.39, 0.29) is 18.3 Å². The number of carboxylic acid groups (broad SMARTS) is 1. The van der Waals surface area contributed by atoms with Crippen LogP contribution in [0.4, 0.5) is 0 Å². The van der Waals surface area contributed by atoms with Gasteiger partial charge < -0.3 is 19.8 Å². The number of aliphatic hydroxyl groups excluding tert-OH is 1. The number of hydrogen-bond acceptors (Lipinski definition) is 5. The predicted molar refractivity (Wildman–Crippen MR) is 63.1 cm³/mol. The van der Waals surface area contributed by atoms with Gasteiger partial charge in [-0.3, -0.25) is 0 Å². The van der Waals surface area contributed by atoms with Gasteiger partial charge in [0.25, 0.3) is 0 Å². The van der Waals surface area contributed by atoms with Crippen LogP contribution in [-0.4, -0.2) is 41.7 Å². The molecule has 1 aliphatic rings. The first-order valence-corrected chi connectivity index (χ1v) is 5.41. The van der Waals surface area contributed by atoms with E-state index in [1.807, 2.05) is 0 Å². The van der Waals surface area contributed by atoms with Gasteiger partial charge in [0, 0.05) is 12.0 Å². The smallest absolute Gasteiger partial charge is 0.339 e. The Morgan fingerprint density at radius 3 is 2.94 bits per heavy atom. The number of benzene rings is 1. The van der Waals surface area contributed by atoms with Gasteiger partial charge in [0.1, 0.15) is 11.3 Å². The molecule has 0 radical (unpaired) electrons. The third-order valence-corrected chi connectivity index (χ3v) is 2.70. The standard InChI is InChI=1S/C12H13NO5/c1-17-11-3-2-7(4-9(11)12(15)16)10-5-8(6-14)18-13-10/h2-4,8,14H,5-6H2,1H3,(H,15,16). The van der Waals surface area contributed by atoms with Crippen molar-refractivity contribution >= 4 is 11.7 Å². The number of aromatic carboxylic acids is 1. The van der Waals surface area contributed by atoms with Gasteiger partial charge in [0.15, 0.2) is 6.10 Å². The van der Waals surface area contributed by atoms with Gasteiger partial charge >= 0.3 is 5.97 Å². The summed E-state index contributed by atoms with van der Waals surface area (Å²) >= 11 is 0. The van der Waals surface area contributed by atoms with Crippen LogP contribution in [0.15, 0.2) is 23.4 Å². The lowest BCUT2D eigenvalue weighted by Crippen LogP contribution is -2.13. The average Bonchev–Trinajstić information content (AvgIpc) is 2.86. The fourth-order valence-corrected chi connectivity index (χ4v) is 1.75. The zero-order valence-corrected chi connectivity index (χ0v) is 9.79.